The average molecular weight is 379 g/mol. The molecule has 0 aliphatic heterocycles. The number of carbonyl (C=O) groups is 2. The molecule has 0 unspecified atom stereocenters. The third-order valence-electron chi connectivity index (χ3n) is 4.24. The van der Waals surface area contributed by atoms with Gasteiger partial charge in [0.25, 0.3) is 0 Å². The molecule has 0 fully saturated rings. The van der Waals surface area contributed by atoms with E-state index in [0.717, 1.165) is 16.3 Å². The number of rotatable bonds is 8. The first kappa shape index (κ1) is 18.9. The highest BCUT2D eigenvalue weighted by Gasteiger charge is 2.18. The van der Waals surface area contributed by atoms with Crippen LogP contribution in [0.5, 0.6) is 5.75 Å². The lowest BCUT2D eigenvalue weighted by Gasteiger charge is -2.22. The summed E-state index contributed by atoms with van der Waals surface area (Å²) in [4.78, 5) is 28.0. The zero-order valence-electron chi connectivity index (χ0n) is 15.1. The Balaban J connectivity index is 1.72. The summed E-state index contributed by atoms with van der Waals surface area (Å²) in [6, 6.07) is 20.4. The summed E-state index contributed by atoms with van der Waals surface area (Å²) in [7, 11) is 1.61. The lowest BCUT2D eigenvalue weighted by molar-refractivity contribution is -0.118. The van der Waals surface area contributed by atoms with Gasteiger partial charge in [0.05, 0.1) is 13.7 Å². The zero-order chi connectivity index (χ0) is 19.1. The van der Waals surface area contributed by atoms with Gasteiger partial charge in [0, 0.05) is 29.0 Å². The van der Waals surface area contributed by atoms with E-state index in [0.29, 0.717) is 12.1 Å². The average Bonchev–Trinajstić information content (AvgIpc) is 3.24. The number of hydrogen-bond acceptors (Lipinski definition) is 4. The molecule has 0 spiro atoms. The van der Waals surface area contributed by atoms with Gasteiger partial charge in [-0.3, -0.25) is 9.59 Å². The Kier molecular flexibility index (Phi) is 6.39. The minimum atomic E-state index is -0.0714. The summed E-state index contributed by atoms with van der Waals surface area (Å²) in [5.74, 6) is 0.647. The van der Waals surface area contributed by atoms with Crippen LogP contribution >= 0.6 is 11.3 Å². The fraction of sp³-hybridized carbons (Fsp3) is 0.182. The number of ketones is 1. The molecule has 4 nitrogen and oxygen atoms in total. The van der Waals surface area contributed by atoms with Crippen molar-refractivity contribution in [1.29, 1.82) is 0 Å². The van der Waals surface area contributed by atoms with Gasteiger partial charge in [-0.05, 0) is 35.7 Å². The van der Waals surface area contributed by atoms with Crippen LogP contribution in [0.25, 0.3) is 0 Å². The van der Waals surface area contributed by atoms with E-state index >= 15 is 0 Å². The van der Waals surface area contributed by atoms with Crippen molar-refractivity contribution in [1.82, 2.24) is 0 Å². The van der Waals surface area contributed by atoms with Crippen LogP contribution in [0, 0.1) is 0 Å². The highest BCUT2D eigenvalue weighted by molar-refractivity contribution is 7.09. The van der Waals surface area contributed by atoms with Crippen molar-refractivity contribution in [2.45, 2.75) is 19.4 Å². The van der Waals surface area contributed by atoms with Gasteiger partial charge >= 0.3 is 0 Å². The summed E-state index contributed by atoms with van der Waals surface area (Å²) in [6.45, 7) is 0.488. The molecule has 0 aliphatic carbocycles. The smallest absolute Gasteiger partial charge is 0.227 e. The molecular formula is C22H21NO3S. The second kappa shape index (κ2) is 9.14. The topological polar surface area (TPSA) is 46.6 Å². The molecule has 27 heavy (non-hydrogen) atoms. The Bertz CT molecular complexity index is 874. The predicted octanol–water partition coefficient (Wildman–Crippen LogP) is 4.95. The van der Waals surface area contributed by atoms with E-state index in [2.05, 4.69) is 0 Å². The molecule has 0 atom stereocenters. The summed E-state index contributed by atoms with van der Waals surface area (Å²) >= 11 is 1.61. The van der Waals surface area contributed by atoms with Crippen LogP contribution < -0.4 is 9.64 Å². The second-order valence-corrected chi connectivity index (χ2v) is 7.08. The van der Waals surface area contributed by atoms with Gasteiger partial charge in [0.15, 0.2) is 5.78 Å². The van der Waals surface area contributed by atoms with E-state index in [1.165, 1.54) is 0 Å². The Morgan fingerprint density at radius 3 is 2.30 bits per heavy atom. The van der Waals surface area contributed by atoms with E-state index < -0.39 is 0 Å². The minimum Gasteiger partial charge on any atom is -0.497 e. The number of hydrogen-bond donors (Lipinski definition) is 0. The predicted molar refractivity (Wildman–Crippen MR) is 109 cm³/mol. The van der Waals surface area contributed by atoms with Crippen LogP contribution in [0.4, 0.5) is 5.69 Å². The van der Waals surface area contributed by atoms with E-state index in [1.807, 2.05) is 60.0 Å². The summed E-state index contributed by atoms with van der Waals surface area (Å²) in [6.07, 6.45) is 0.366. The monoisotopic (exact) mass is 379 g/mol. The molecule has 1 aromatic heterocycles. The molecule has 0 radical (unpaired) electrons. The Morgan fingerprint density at radius 2 is 1.67 bits per heavy atom. The first-order valence-electron chi connectivity index (χ1n) is 8.72. The largest absolute Gasteiger partial charge is 0.497 e. The van der Waals surface area contributed by atoms with Crippen LogP contribution in [0.2, 0.25) is 0 Å². The van der Waals surface area contributed by atoms with Gasteiger partial charge in [0.1, 0.15) is 5.75 Å². The van der Waals surface area contributed by atoms with Crippen LogP contribution in [0.3, 0.4) is 0 Å². The fourth-order valence-corrected chi connectivity index (χ4v) is 3.46. The van der Waals surface area contributed by atoms with Gasteiger partial charge in [0.2, 0.25) is 5.91 Å². The maximum Gasteiger partial charge on any atom is 0.227 e. The number of nitrogens with zero attached hydrogens (tertiary/aromatic N) is 1. The number of Topliss-reactive ketones (excluding diaryl/α,β-unsaturated/α-hetero) is 1. The number of carbonyl (C=O) groups excluding carboxylic acids is 2. The second-order valence-electron chi connectivity index (χ2n) is 6.05. The highest BCUT2D eigenvalue weighted by atomic mass is 32.1. The molecule has 0 aliphatic rings. The standard InChI is InChI=1S/C22H21NO3S/c1-26-19-11-9-18(10-12-19)23(16-20-8-5-15-27-20)22(25)14-13-21(24)17-6-3-2-4-7-17/h2-12,15H,13-14,16H2,1H3. The Morgan fingerprint density at radius 1 is 0.926 bits per heavy atom. The highest BCUT2D eigenvalue weighted by Crippen LogP contribution is 2.24. The molecule has 2 aromatic carbocycles. The molecule has 3 aromatic rings. The van der Waals surface area contributed by atoms with Crippen molar-refractivity contribution in [2.75, 3.05) is 12.0 Å². The minimum absolute atomic E-state index is 0.0187. The molecule has 0 N–H and O–H groups in total. The summed E-state index contributed by atoms with van der Waals surface area (Å²) in [5, 5.41) is 1.99. The van der Waals surface area contributed by atoms with Crippen molar-refractivity contribution in [2.24, 2.45) is 0 Å². The normalized spacial score (nSPS) is 10.4. The first-order chi connectivity index (χ1) is 13.2. The maximum absolute atomic E-state index is 12.9. The third-order valence-corrected chi connectivity index (χ3v) is 5.10. The lowest BCUT2D eigenvalue weighted by Crippen LogP contribution is -2.30. The zero-order valence-corrected chi connectivity index (χ0v) is 15.9. The van der Waals surface area contributed by atoms with Gasteiger partial charge < -0.3 is 9.64 Å². The number of ether oxygens (including phenoxy) is 1. The quantitative estimate of drug-likeness (QED) is 0.520. The number of anilines is 1. The molecule has 1 heterocycles. The molecule has 0 saturated carbocycles. The van der Waals surface area contributed by atoms with Gasteiger partial charge in [-0.25, -0.2) is 0 Å². The van der Waals surface area contributed by atoms with Crippen molar-refractivity contribution < 1.29 is 14.3 Å². The van der Waals surface area contributed by atoms with Crippen LogP contribution in [-0.2, 0) is 11.3 Å². The number of thiophene rings is 1. The van der Waals surface area contributed by atoms with Gasteiger partial charge in [-0.2, -0.15) is 0 Å². The molecular weight excluding hydrogens is 358 g/mol. The van der Waals surface area contributed by atoms with Gasteiger partial charge in [-0.15, -0.1) is 11.3 Å². The van der Waals surface area contributed by atoms with Crippen molar-refractivity contribution in [3.05, 3.63) is 82.6 Å². The summed E-state index contributed by atoms with van der Waals surface area (Å²) < 4.78 is 5.20. The van der Waals surface area contributed by atoms with E-state index in [4.69, 9.17) is 4.74 Å². The van der Waals surface area contributed by atoms with Crippen LogP contribution in [0.15, 0.2) is 72.1 Å². The van der Waals surface area contributed by atoms with E-state index in [-0.39, 0.29) is 24.5 Å². The van der Waals surface area contributed by atoms with E-state index in [1.54, 1.807) is 35.5 Å². The Labute approximate surface area is 163 Å². The number of amides is 1. The fourth-order valence-electron chi connectivity index (χ4n) is 2.77. The van der Waals surface area contributed by atoms with E-state index in [9.17, 15) is 9.59 Å². The molecule has 0 saturated heterocycles. The van der Waals surface area contributed by atoms with Crippen LogP contribution in [0.1, 0.15) is 28.1 Å². The molecule has 5 heteroatoms. The number of benzene rings is 2. The van der Waals surface area contributed by atoms with Crippen molar-refractivity contribution in [3.63, 3.8) is 0 Å². The first-order valence-corrected chi connectivity index (χ1v) is 9.60. The number of methoxy groups -OCH3 is 1. The molecule has 138 valence electrons. The van der Waals surface area contributed by atoms with Crippen LogP contribution in [-0.4, -0.2) is 18.8 Å². The molecule has 3 rings (SSSR count). The third kappa shape index (κ3) is 5.05. The molecule has 0 bridgehead atoms. The SMILES string of the molecule is COc1ccc(N(Cc2cccs2)C(=O)CCC(=O)c2ccccc2)cc1. The maximum atomic E-state index is 12.9. The van der Waals surface area contributed by atoms with Crippen molar-refractivity contribution >= 4 is 28.7 Å². The molecule has 1 amide bonds. The van der Waals surface area contributed by atoms with Crippen molar-refractivity contribution in [3.8, 4) is 5.75 Å². The Hall–Kier alpha value is -2.92. The van der Waals surface area contributed by atoms with Gasteiger partial charge in [-0.1, -0.05) is 36.4 Å². The lowest BCUT2D eigenvalue weighted by atomic mass is 10.1. The summed E-state index contributed by atoms with van der Waals surface area (Å²) in [5.41, 5.74) is 1.43.